The number of furan rings is 1. The number of aryl methyl sites for hydroxylation is 1. The van der Waals surface area contributed by atoms with Gasteiger partial charge in [-0.25, -0.2) is 0 Å². The van der Waals surface area contributed by atoms with Crippen molar-refractivity contribution in [3.8, 4) is 0 Å². The zero-order chi connectivity index (χ0) is 20.8. The fraction of sp³-hybridized carbons (Fsp3) is 0.241. The average molecular weight is 406 g/mol. The summed E-state index contributed by atoms with van der Waals surface area (Å²) in [5.74, 6) is 0.592. The molecule has 5 aromatic rings. The molecule has 0 unspecified atom stereocenters. The molecule has 0 saturated heterocycles. The highest BCUT2D eigenvalue weighted by atomic mass is 16.3. The van der Waals surface area contributed by atoms with Crippen LogP contribution in [0.5, 0.6) is 0 Å². The van der Waals surface area contributed by atoms with Crippen LogP contribution < -0.4 is 5.32 Å². The van der Waals surface area contributed by atoms with Gasteiger partial charge in [-0.3, -0.25) is 0 Å². The van der Waals surface area contributed by atoms with Gasteiger partial charge in [0.05, 0.1) is 5.69 Å². The van der Waals surface area contributed by atoms with Crippen LogP contribution in [-0.4, -0.2) is 0 Å². The molecule has 1 aliphatic rings. The van der Waals surface area contributed by atoms with Gasteiger partial charge in [0.25, 0.3) is 0 Å². The van der Waals surface area contributed by atoms with Crippen LogP contribution >= 0.6 is 0 Å². The van der Waals surface area contributed by atoms with Crippen LogP contribution in [0.15, 0.2) is 77.2 Å². The van der Waals surface area contributed by atoms with Crippen LogP contribution in [0.1, 0.15) is 49.1 Å². The Balaban J connectivity index is 1.61. The Kier molecular flexibility index (Phi) is 4.45. The van der Waals surface area contributed by atoms with Gasteiger partial charge >= 0.3 is 0 Å². The van der Waals surface area contributed by atoms with Crippen LogP contribution in [0.4, 0.5) is 11.4 Å². The first kappa shape index (κ1) is 18.5. The number of rotatable bonds is 3. The summed E-state index contributed by atoms with van der Waals surface area (Å²) >= 11 is 0. The highest BCUT2D eigenvalue weighted by Gasteiger charge is 2.23. The van der Waals surface area contributed by atoms with Gasteiger partial charge in [0.15, 0.2) is 5.58 Å². The number of hydrogen-bond donors (Lipinski definition) is 1. The SMILES string of the molecule is Cc1cccc(Nc2cccc3c2oc2c(C4CCCCC4)cc4ccccc4c23)c1. The first-order chi connectivity index (χ1) is 15.3. The number of anilines is 2. The smallest absolute Gasteiger partial charge is 0.158 e. The van der Waals surface area contributed by atoms with Gasteiger partial charge in [-0.2, -0.15) is 0 Å². The van der Waals surface area contributed by atoms with Crippen molar-refractivity contribution in [2.45, 2.75) is 44.9 Å². The van der Waals surface area contributed by atoms with Gasteiger partial charge < -0.3 is 9.73 Å². The molecule has 1 saturated carbocycles. The predicted molar refractivity (Wildman–Crippen MR) is 132 cm³/mol. The number of para-hydroxylation sites is 1. The molecule has 1 N–H and O–H groups in total. The zero-order valence-corrected chi connectivity index (χ0v) is 17.9. The minimum absolute atomic E-state index is 0.592. The first-order valence-corrected chi connectivity index (χ1v) is 11.5. The summed E-state index contributed by atoms with van der Waals surface area (Å²) in [7, 11) is 0. The van der Waals surface area contributed by atoms with Crippen LogP contribution in [0, 0.1) is 6.92 Å². The highest BCUT2D eigenvalue weighted by molar-refractivity contribution is 6.21. The van der Waals surface area contributed by atoms with E-state index in [1.54, 1.807) is 0 Å². The molecule has 0 radical (unpaired) electrons. The van der Waals surface area contributed by atoms with E-state index in [9.17, 15) is 0 Å². The number of fused-ring (bicyclic) bond motifs is 5. The van der Waals surface area contributed by atoms with Crippen molar-refractivity contribution < 1.29 is 4.42 Å². The molecule has 1 aliphatic carbocycles. The summed E-state index contributed by atoms with van der Waals surface area (Å²) in [5.41, 5.74) is 6.79. The van der Waals surface area contributed by atoms with Crippen LogP contribution in [0.3, 0.4) is 0 Å². The first-order valence-electron chi connectivity index (χ1n) is 11.5. The van der Waals surface area contributed by atoms with Gasteiger partial charge in [-0.1, -0.05) is 67.8 Å². The van der Waals surface area contributed by atoms with Gasteiger partial charge in [0.1, 0.15) is 5.58 Å². The van der Waals surface area contributed by atoms with Crippen molar-refractivity contribution in [3.05, 3.63) is 83.9 Å². The van der Waals surface area contributed by atoms with E-state index in [1.165, 1.54) is 64.8 Å². The van der Waals surface area contributed by atoms with Gasteiger partial charge in [-0.15, -0.1) is 0 Å². The third kappa shape index (κ3) is 3.18. The molecule has 2 heteroatoms. The average Bonchev–Trinajstić information content (AvgIpc) is 3.20. The molecule has 1 fully saturated rings. The fourth-order valence-electron chi connectivity index (χ4n) is 5.37. The van der Waals surface area contributed by atoms with Crippen LogP contribution in [0.2, 0.25) is 0 Å². The summed E-state index contributed by atoms with van der Waals surface area (Å²) in [4.78, 5) is 0. The normalized spacial score (nSPS) is 15.1. The Labute approximate surface area is 182 Å². The zero-order valence-electron chi connectivity index (χ0n) is 17.9. The Hall–Kier alpha value is -3.26. The van der Waals surface area contributed by atoms with Crippen LogP contribution in [-0.2, 0) is 0 Å². The summed E-state index contributed by atoms with van der Waals surface area (Å²) in [6, 6.07) is 26.1. The number of benzene rings is 4. The third-order valence-corrected chi connectivity index (χ3v) is 6.86. The second-order valence-corrected chi connectivity index (χ2v) is 9.00. The summed E-state index contributed by atoms with van der Waals surface area (Å²) in [6.45, 7) is 2.12. The number of nitrogens with one attached hydrogen (secondary N) is 1. The molecule has 1 heterocycles. The van der Waals surface area contributed by atoms with Gasteiger partial charge in [0.2, 0.25) is 0 Å². The number of hydrogen-bond acceptors (Lipinski definition) is 2. The second kappa shape index (κ2) is 7.46. The minimum Gasteiger partial charge on any atom is -0.454 e. The lowest BCUT2D eigenvalue weighted by Crippen LogP contribution is -2.04. The standard InChI is InChI=1S/C29H27NO/c1-19-9-7-13-22(17-19)30-26-16-8-15-24-27-23-14-6-5-12-21(23)18-25(29(27)31-28(24)26)20-10-3-2-4-11-20/h5-9,12-18,20,30H,2-4,10-11H2,1H3. The second-order valence-electron chi connectivity index (χ2n) is 9.00. The summed E-state index contributed by atoms with van der Waals surface area (Å²) in [5, 5.41) is 8.66. The van der Waals surface area contributed by atoms with E-state index in [-0.39, 0.29) is 0 Å². The summed E-state index contributed by atoms with van der Waals surface area (Å²) < 4.78 is 6.72. The van der Waals surface area contributed by atoms with Gasteiger partial charge in [0, 0.05) is 16.5 Å². The van der Waals surface area contributed by atoms with Crippen molar-refractivity contribution in [1.29, 1.82) is 0 Å². The molecule has 0 spiro atoms. The molecule has 0 amide bonds. The van der Waals surface area contributed by atoms with E-state index in [0.29, 0.717) is 5.92 Å². The molecule has 6 rings (SSSR count). The van der Waals surface area contributed by atoms with Gasteiger partial charge in [-0.05, 0) is 71.8 Å². The highest BCUT2D eigenvalue weighted by Crippen LogP contribution is 2.44. The van der Waals surface area contributed by atoms with E-state index >= 15 is 0 Å². The lowest BCUT2D eigenvalue weighted by atomic mass is 9.82. The molecule has 0 bridgehead atoms. The Morgan fingerprint density at radius 1 is 0.774 bits per heavy atom. The molecule has 2 nitrogen and oxygen atoms in total. The minimum atomic E-state index is 0.592. The van der Waals surface area contributed by atoms with E-state index < -0.39 is 0 Å². The predicted octanol–water partition coefficient (Wildman–Crippen LogP) is 8.84. The van der Waals surface area contributed by atoms with Crippen molar-refractivity contribution in [2.75, 3.05) is 5.32 Å². The maximum Gasteiger partial charge on any atom is 0.158 e. The quantitative estimate of drug-likeness (QED) is 0.324. The fourth-order valence-corrected chi connectivity index (χ4v) is 5.37. The van der Waals surface area contributed by atoms with Crippen molar-refractivity contribution in [3.63, 3.8) is 0 Å². The molecule has 154 valence electrons. The third-order valence-electron chi connectivity index (χ3n) is 6.86. The maximum atomic E-state index is 6.72. The molecule has 1 aromatic heterocycles. The topological polar surface area (TPSA) is 25.2 Å². The van der Waals surface area contributed by atoms with Crippen LogP contribution in [0.25, 0.3) is 32.7 Å². The molecule has 31 heavy (non-hydrogen) atoms. The Bertz CT molecular complexity index is 1410. The lowest BCUT2D eigenvalue weighted by Gasteiger charge is -2.22. The lowest BCUT2D eigenvalue weighted by molar-refractivity contribution is 0.442. The van der Waals surface area contributed by atoms with Crippen molar-refractivity contribution in [2.24, 2.45) is 0 Å². The van der Waals surface area contributed by atoms with E-state index in [4.69, 9.17) is 4.42 Å². The van der Waals surface area contributed by atoms with E-state index in [0.717, 1.165) is 22.5 Å². The Morgan fingerprint density at radius 3 is 2.45 bits per heavy atom. The molecule has 0 atom stereocenters. The van der Waals surface area contributed by atoms with E-state index in [1.807, 2.05) is 0 Å². The molecular weight excluding hydrogens is 378 g/mol. The maximum absolute atomic E-state index is 6.72. The summed E-state index contributed by atoms with van der Waals surface area (Å²) in [6.07, 6.45) is 6.52. The Morgan fingerprint density at radius 2 is 1.58 bits per heavy atom. The van der Waals surface area contributed by atoms with Crippen molar-refractivity contribution in [1.82, 2.24) is 0 Å². The van der Waals surface area contributed by atoms with E-state index in [2.05, 4.69) is 85.0 Å². The molecule has 4 aromatic carbocycles. The largest absolute Gasteiger partial charge is 0.454 e. The van der Waals surface area contributed by atoms with Crippen molar-refractivity contribution >= 4 is 44.1 Å². The molecular formula is C29H27NO. The monoisotopic (exact) mass is 405 g/mol. The molecule has 0 aliphatic heterocycles.